The van der Waals surface area contributed by atoms with Crippen LogP contribution >= 0.6 is 0 Å². The summed E-state index contributed by atoms with van der Waals surface area (Å²) in [6, 6.07) is 10.4. The van der Waals surface area contributed by atoms with E-state index in [4.69, 9.17) is 0 Å². The second-order valence-corrected chi connectivity index (χ2v) is 8.20. The van der Waals surface area contributed by atoms with E-state index in [-0.39, 0.29) is 11.9 Å². The third-order valence-electron chi connectivity index (χ3n) is 5.59. The molecule has 0 saturated carbocycles. The van der Waals surface area contributed by atoms with Crippen molar-refractivity contribution in [3.05, 3.63) is 52.8 Å². The lowest BCUT2D eigenvalue weighted by molar-refractivity contribution is -0.136. The van der Waals surface area contributed by atoms with Crippen LogP contribution in [0, 0.1) is 20.8 Å². The van der Waals surface area contributed by atoms with Crippen LogP contribution in [-0.4, -0.2) is 44.4 Å². The lowest BCUT2D eigenvalue weighted by Gasteiger charge is -2.38. The van der Waals surface area contributed by atoms with Gasteiger partial charge in [-0.15, -0.1) is 0 Å². The summed E-state index contributed by atoms with van der Waals surface area (Å²) >= 11 is 0. The number of aromatic nitrogens is 2. The maximum absolute atomic E-state index is 12.7. The highest BCUT2D eigenvalue weighted by atomic mass is 16.3. The highest BCUT2D eigenvalue weighted by Crippen LogP contribution is 2.28. The van der Waals surface area contributed by atoms with Crippen LogP contribution in [0.15, 0.2) is 30.3 Å². The smallest absolute Gasteiger partial charge is 0.224 e. The molecule has 1 N–H and O–H groups in total. The van der Waals surface area contributed by atoms with Crippen molar-refractivity contribution in [2.45, 2.75) is 65.0 Å². The number of carbonyl (C=O) groups is 1. The van der Waals surface area contributed by atoms with E-state index in [0.717, 1.165) is 17.0 Å². The van der Waals surface area contributed by atoms with E-state index in [1.165, 1.54) is 5.56 Å². The molecule has 0 aliphatic carbocycles. The first-order chi connectivity index (χ1) is 12.8. The van der Waals surface area contributed by atoms with Gasteiger partial charge in [0.2, 0.25) is 5.91 Å². The predicted molar refractivity (Wildman–Crippen MR) is 107 cm³/mol. The van der Waals surface area contributed by atoms with Gasteiger partial charge in [0.1, 0.15) is 0 Å². The van der Waals surface area contributed by atoms with E-state index >= 15 is 0 Å². The molecule has 146 valence electrons. The van der Waals surface area contributed by atoms with E-state index in [9.17, 15) is 9.90 Å². The molecular weight excluding hydrogens is 338 g/mol. The van der Waals surface area contributed by atoms with Crippen LogP contribution in [0.25, 0.3) is 0 Å². The fourth-order valence-electron chi connectivity index (χ4n) is 4.11. The number of benzene rings is 1. The lowest BCUT2D eigenvalue weighted by atomic mass is 9.85. The number of hydrogen-bond acceptors (Lipinski definition) is 3. The molecule has 1 aliphatic rings. The van der Waals surface area contributed by atoms with Crippen molar-refractivity contribution in [3.63, 3.8) is 0 Å². The molecule has 1 aromatic carbocycles. The minimum absolute atomic E-state index is 0.0410. The molecule has 1 atom stereocenters. The van der Waals surface area contributed by atoms with Crippen molar-refractivity contribution >= 4 is 5.91 Å². The van der Waals surface area contributed by atoms with Gasteiger partial charge < -0.3 is 10.0 Å². The molecule has 3 rings (SSSR count). The molecular formula is C22H31N3O2. The standard InChI is InChI=1S/C22H31N3O2/c1-16-6-5-7-20(12-16)15-22(27)8-10-24(11-9-22)21(26)14-19(4)25-18(3)13-17(2)23-25/h5-7,12-13,19,27H,8-11,14-15H2,1-4H3. The minimum Gasteiger partial charge on any atom is -0.389 e. The lowest BCUT2D eigenvalue weighted by Crippen LogP contribution is -2.48. The van der Waals surface area contributed by atoms with E-state index in [1.807, 2.05) is 42.5 Å². The molecule has 0 bridgehead atoms. The Balaban J connectivity index is 1.55. The van der Waals surface area contributed by atoms with Crippen LogP contribution < -0.4 is 0 Å². The highest BCUT2D eigenvalue weighted by molar-refractivity contribution is 5.76. The maximum Gasteiger partial charge on any atom is 0.224 e. The highest BCUT2D eigenvalue weighted by Gasteiger charge is 2.34. The van der Waals surface area contributed by atoms with Crippen molar-refractivity contribution in [2.24, 2.45) is 0 Å². The van der Waals surface area contributed by atoms with Gasteiger partial charge in [-0.1, -0.05) is 29.8 Å². The van der Waals surface area contributed by atoms with Crippen molar-refractivity contribution in [1.82, 2.24) is 14.7 Å². The Morgan fingerprint density at radius 3 is 2.52 bits per heavy atom. The normalized spacial score (nSPS) is 17.7. The number of amides is 1. The molecule has 2 heterocycles. The molecule has 5 heteroatoms. The first kappa shape index (κ1) is 19.6. The van der Waals surface area contributed by atoms with E-state index in [2.05, 4.69) is 30.2 Å². The summed E-state index contributed by atoms with van der Waals surface area (Å²) in [7, 11) is 0. The summed E-state index contributed by atoms with van der Waals surface area (Å²) in [6.07, 6.45) is 2.35. The molecule has 1 amide bonds. The van der Waals surface area contributed by atoms with Crippen molar-refractivity contribution in [1.29, 1.82) is 0 Å². The zero-order chi connectivity index (χ0) is 19.6. The van der Waals surface area contributed by atoms with Crippen LogP contribution in [0.4, 0.5) is 0 Å². The first-order valence-electron chi connectivity index (χ1n) is 9.84. The zero-order valence-electron chi connectivity index (χ0n) is 16.9. The predicted octanol–water partition coefficient (Wildman–Crippen LogP) is 3.36. The van der Waals surface area contributed by atoms with Crippen LogP contribution in [0.2, 0.25) is 0 Å². The molecule has 1 unspecified atom stereocenters. The summed E-state index contributed by atoms with van der Waals surface area (Å²) in [6.45, 7) is 9.33. The molecule has 27 heavy (non-hydrogen) atoms. The van der Waals surface area contributed by atoms with Gasteiger partial charge in [-0.2, -0.15) is 5.10 Å². The number of aliphatic hydroxyl groups is 1. The van der Waals surface area contributed by atoms with Gasteiger partial charge in [0, 0.05) is 31.6 Å². The quantitative estimate of drug-likeness (QED) is 0.879. The van der Waals surface area contributed by atoms with Crippen LogP contribution in [0.3, 0.4) is 0 Å². The number of hydrogen-bond donors (Lipinski definition) is 1. The van der Waals surface area contributed by atoms with E-state index in [1.54, 1.807) is 0 Å². The van der Waals surface area contributed by atoms with Crippen molar-refractivity contribution in [2.75, 3.05) is 13.1 Å². The number of likely N-dealkylation sites (tertiary alicyclic amines) is 1. The van der Waals surface area contributed by atoms with Gasteiger partial charge >= 0.3 is 0 Å². The monoisotopic (exact) mass is 369 g/mol. The molecule has 0 radical (unpaired) electrons. The van der Waals surface area contributed by atoms with Gasteiger partial charge in [-0.05, 0) is 52.2 Å². The molecule has 2 aromatic rings. The van der Waals surface area contributed by atoms with E-state index < -0.39 is 5.60 Å². The fraction of sp³-hybridized carbons (Fsp3) is 0.545. The number of nitrogens with zero attached hydrogens (tertiary/aromatic N) is 3. The summed E-state index contributed by atoms with van der Waals surface area (Å²) in [5.41, 5.74) is 3.72. The average molecular weight is 370 g/mol. The van der Waals surface area contributed by atoms with Gasteiger partial charge in [0.15, 0.2) is 0 Å². The fourth-order valence-corrected chi connectivity index (χ4v) is 4.11. The summed E-state index contributed by atoms with van der Waals surface area (Å²) in [5, 5.41) is 15.5. The van der Waals surface area contributed by atoms with Gasteiger partial charge in [-0.3, -0.25) is 9.48 Å². The molecule has 5 nitrogen and oxygen atoms in total. The largest absolute Gasteiger partial charge is 0.389 e. The Morgan fingerprint density at radius 1 is 1.22 bits per heavy atom. The average Bonchev–Trinajstić information content (AvgIpc) is 2.93. The Labute approximate surface area is 162 Å². The van der Waals surface area contributed by atoms with Gasteiger partial charge in [0.05, 0.1) is 17.3 Å². The molecule has 1 aromatic heterocycles. The molecule has 1 fully saturated rings. The summed E-state index contributed by atoms with van der Waals surface area (Å²) in [4.78, 5) is 14.6. The third kappa shape index (κ3) is 4.78. The van der Waals surface area contributed by atoms with Crippen molar-refractivity contribution in [3.8, 4) is 0 Å². The van der Waals surface area contributed by atoms with Gasteiger partial charge in [-0.25, -0.2) is 0 Å². The molecule has 1 saturated heterocycles. The van der Waals surface area contributed by atoms with Crippen LogP contribution in [0.1, 0.15) is 54.7 Å². The Kier molecular flexibility index (Phi) is 5.70. The zero-order valence-corrected chi connectivity index (χ0v) is 16.9. The van der Waals surface area contributed by atoms with Crippen LogP contribution in [0.5, 0.6) is 0 Å². The Morgan fingerprint density at radius 2 is 1.93 bits per heavy atom. The summed E-state index contributed by atoms with van der Waals surface area (Å²) in [5.74, 6) is 0.146. The Hall–Kier alpha value is -2.14. The number of rotatable bonds is 5. The third-order valence-corrected chi connectivity index (χ3v) is 5.59. The van der Waals surface area contributed by atoms with Crippen LogP contribution in [-0.2, 0) is 11.2 Å². The number of aryl methyl sites for hydroxylation is 3. The number of piperidine rings is 1. The summed E-state index contributed by atoms with van der Waals surface area (Å²) < 4.78 is 1.94. The molecule has 0 spiro atoms. The maximum atomic E-state index is 12.7. The minimum atomic E-state index is -0.716. The van der Waals surface area contributed by atoms with Gasteiger partial charge in [0.25, 0.3) is 0 Å². The second kappa shape index (κ2) is 7.85. The SMILES string of the molecule is Cc1cccc(CC2(O)CCN(C(=O)CC(C)n3nc(C)cc3C)CC2)c1. The second-order valence-electron chi connectivity index (χ2n) is 8.20. The first-order valence-corrected chi connectivity index (χ1v) is 9.84. The topological polar surface area (TPSA) is 58.4 Å². The Bertz CT molecular complexity index is 804. The van der Waals surface area contributed by atoms with E-state index in [0.29, 0.717) is 38.8 Å². The molecule has 1 aliphatic heterocycles. The number of carbonyl (C=O) groups excluding carboxylic acids is 1. The van der Waals surface area contributed by atoms with Crippen molar-refractivity contribution < 1.29 is 9.90 Å².